The molecule has 0 radical (unpaired) electrons. The molecule has 2 aromatic carbocycles. The molecule has 1 saturated heterocycles. The number of piperidine rings is 1. The van der Waals surface area contributed by atoms with Crippen molar-refractivity contribution in [3.8, 4) is 5.75 Å². The van der Waals surface area contributed by atoms with Crippen molar-refractivity contribution in [3.63, 3.8) is 0 Å². The summed E-state index contributed by atoms with van der Waals surface area (Å²) < 4.78 is 32.9. The number of halogens is 1. The van der Waals surface area contributed by atoms with Crippen molar-refractivity contribution in [1.29, 1.82) is 0 Å². The van der Waals surface area contributed by atoms with Crippen LogP contribution in [0.2, 0.25) is 0 Å². The van der Waals surface area contributed by atoms with Crippen LogP contribution in [0.4, 0.5) is 11.6 Å². The maximum atomic E-state index is 13.0. The number of rotatable bonds is 10. The lowest BCUT2D eigenvalue weighted by molar-refractivity contribution is 0.0936. The molecule has 11 heteroatoms. The van der Waals surface area contributed by atoms with Gasteiger partial charge in [0.15, 0.2) is 5.78 Å². The molecule has 1 fully saturated rings. The molecule has 0 spiro atoms. The molecule has 2 aliphatic rings. The van der Waals surface area contributed by atoms with Gasteiger partial charge in [-0.25, -0.2) is 18.4 Å². The van der Waals surface area contributed by atoms with Gasteiger partial charge < -0.3 is 15.0 Å². The molecular weight excluding hydrogens is 618 g/mol. The number of fused-ring (bicyclic) bond motifs is 1. The molecule has 0 saturated carbocycles. The Kier molecular flexibility index (Phi) is 9.31. The number of likely N-dealkylation sites (tertiary alicyclic amines) is 1. The predicted octanol–water partition coefficient (Wildman–Crippen LogP) is 5.25. The third kappa shape index (κ3) is 6.85. The Labute approximate surface area is 256 Å². The normalized spacial score (nSPS) is 19.6. The molecule has 42 heavy (non-hydrogen) atoms. The van der Waals surface area contributed by atoms with Gasteiger partial charge in [0.1, 0.15) is 5.75 Å². The highest BCUT2D eigenvalue weighted by atomic mass is 79.9. The Morgan fingerprint density at radius 3 is 2.64 bits per heavy atom. The first-order chi connectivity index (χ1) is 20.0. The average molecular weight is 657 g/mol. The van der Waals surface area contributed by atoms with Crippen LogP contribution in [0.15, 0.2) is 53.1 Å². The lowest BCUT2D eigenvalue weighted by atomic mass is 9.90. The van der Waals surface area contributed by atoms with E-state index in [0.717, 1.165) is 53.6 Å². The lowest BCUT2D eigenvalue weighted by Crippen LogP contribution is -2.33. The molecule has 1 N–H and O–H groups in total. The fraction of sp³-hybridized carbons (Fsp3) is 0.452. The predicted molar refractivity (Wildman–Crippen MR) is 168 cm³/mol. The number of Topliss-reactive ketones (excluding diaryl/α,β-unsaturated/α-hetero) is 1. The molecule has 9 nitrogen and oxygen atoms in total. The molecule has 5 rings (SSSR count). The van der Waals surface area contributed by atoms with E-state index in [0.29, 0.717) is 41.7 Å². The number of hydrogen-bond donors (Lipinski definition) is 1. The quantitative estimate of drug-likeness (QED) is 0.295. The van der Waals surface area contributed by atoms with Crippen LogP contribution in [0.3, 0.4) is 0 Å². The maximum Gasteiger partial charge on any atom is 0.227 e. The highest BCUT2D eigenvalue weighted by molar-refractivity contribution is 9.10. The number of carbonyl (C=O) groups is 1. The molecule has 0 bridgehead atoms. The number of nitrogens with zero attached hydrogens (tertiary/aromatic N) is 4. The van der Waals surface area contributed by atoms with Crippen LogP contribution in [0, 0.1) is 11.8 Å². The summed E-state index contributed by atoms with van der Waals surface area (Å²) in [5.74, 6) is 1.48. The number of sulfonamides is 1. The summed E-state index contributed by atoms with van der Waals surface area (Å²) >= 11 is 3.60. The second kappa shape index (κ2) is 12.8. The first kappa shape index (κ1) is 30.6. The zero-order chi connectivity index (χ0) is 30.0. The van der Waals surface area contributed by atoms with Crippen LogP contribution in [0.5, 0.6) is 5.75 Å². The van der Waals surface area contributed by atoms with Crippen LogP contribution in [-0.4, -0.2) is 73.9 Å². The van der Waals surface area contributed by atoms with Gasteiger partial charge in [0.05, 0.1) is 35.3 Å². The molecule has 2 atom stereocenters. The van der Waals surface area contributed by atoms with E-state index in [1.807, 2.05) is 30.3 Å². The van der Waals surface area contributed by atoms with Crippen LogP contribution < -0.4 is 10.1 Å². The number of carbonyl (C=O) groups excluding carboxylic acids is 1. The van der Waals surface area contributed by atoms with E-state index in [1.165, 1.54) is 10.6 Å². The Hall–Kier alpha value is -2.86. The van der Waals surface area contributed by atoms with E-state index >= 15 is 0 Å². The van der Waals surface area contributed by atoms with Crippen molar-refractivity contribution in [3.05, 3.63) is 75.5 Å². The van der Waals surface area contributed by atoms with Gasteiger partial charge >= 0.3 is 0 Å². The SMILES string of the molecule is COc1cc(C(=O)CC2CCN(C)CC2)ccc1Nc1ncc(Br)c(C[C@@H]2Cc3ccccc3[C@H]2N(C)S(C)(=O)=O)n1. The number of ketones is 1. The van der Waals surface area contributed by atoms with E-state index in [1.54, 1.807) is 26.4 Å². The number of nitrogens with one attached hydrogen (secondary N) is 1. The van der Waals surface area contributed by atoms with E-state index in [9.17, 15) is 13.2 Å². The third-order valence-corrected chi connectivity index (χ3v) is 10.5. The van der Waals surface area contributed by atoms with Gasteiger partial charge in [-0.1, -0.05) is 24.3 Å². The van der Waals surface area contributed by atoms with E-state index in [-0.39, 0.29) is 17.7 Å². The molecule has 0 amide bonds. The molecule has 224 valence electrons. The maximum absolute atomic E-state index is 13.0. The summed E-state index contributed by atoms with van der Waals surface area (Å²) in [5.41, 5.74) is 4.26. The lowest BCUT2D eigenvalue weighted by Gasteiger charge is -2.29. The van der Waals surface area contributed by atoms with E-state index < -0.39 is 10.0 Å². The highest BCUT2D eigenvalue weighted by Crippen LogP contribution is 2.43. The average Bonchev–Trinajstić information content (AvgIpc) is 3.32. The molecule has 1 aliphatic carbocycles. The van der Waals surface area contributed by atoms with E-state index in [4.69, 9.17) is 9.72 Å². The summed E-state index contributed by atoms with van der Waals surface area (Å²) in [7, 11) is 1.94. The first-order valence-corrected chi connectivity index (χ1v) is 16.9. The minimum Gasteiger partial charge on any atom is -0.495 e. The summed E-state index contributed by atoms with van der Waals surface area (Å²) in [6, 6.07) is 13.2. The fourth-order valence-corrected chi connectivity index (χ4v) is 7.18. The minimum atomic E-state index is -3.40. The largest absolute Gasteiger partial charge is 0.495 e. The van der Waals surface area contributed by atoms with Crippen molar-refractivity contribution >= 4 is 43.4 Å². The van der Waals surface area contributed by atoms with Crippen molar-refractivity contribution in [2.45, 2.75) is 38.1 Å². The minimum absolute atomic E-state index is 0.00516. The number of benzene rings is 2. The molecule has 1 aromatic heterocycles. The Bertz CT molecular complexity index is 1560. The molecular formula is C31H38BrN5O4S. The zero-order valence-corrected chi connectivity index (χ0v) is 26.9. The number of ether oxygens (including phenoxy) is 1. The summed E-state index contributed by atoms with van der Waals surface area (Å²) in [6.07, 6.45) is 6.88. The Morgan fingerprint density at radius 2 is 1.93 bits per heavy atom. The summed E-state index contributed by atoms with van der Waals surface area (Å²) in [5, 5.41) is 3.25. The second-order valence-electron chi connectivity index (χ2n) is 11.5. The van der Waals surface area contributed by atoms with Crippen LogP contribution >= 0.6 is 15.9 Å². The van der Waals surface area contributed by atoms with Crippen LogP contribution in [-0.2, 0) is 22.9 Å². The van der Waals surface area contributed by atoms with Crippen molar-refractivity contribution in [1.82, 2.24) is 19.2 Å². The number of methoxy groups -OCH3 is 1. The topological polar surface area (TPSA) is 105 Å². The van der Waals surface area contributed by atoms with Gasteiger partial charge in [-0.05, 0) is 103 Å². The standard InChI is InChI=1S/C31H38BrN5O4S/c1-36-13-11-20(12-14-36)15-28(38)22-9-10-26(29(18-22)41-3)34-31-33-19-25(32)27(35-31)17-23-16-21-7-5-6-8-24(21)30(23)37(2)42(4,39)40/h5-10,18-20,23,30H,11-17H2,1-4H3,(H,33,34,35)/t23-,30-/m0/s1. The third-order valence-electron chi connectivity index (χ3n) is 8.57. The molecule has 2 heterocycles. The van der Waals surface area contributed by atoms with Gasteiger partial charge in [-0.2, -0.15) is 4.31 Å². The summed E-state index contributed by atoms with van der Waals surface area (Å²) in [6.45, 7) is 2.06. The highest BCUT2D eigenvalue weighted by Gasteiger charge is 2.38. The molecule has 3 aromatic rings. The van der Waals surface area contributed by atoms with Crippen LogP contribution in [0.25, 0.3) is 0 Å². The monoisotopic (exact) mass is 655 g/mol. The van der Waals surface area contributed by atoms with Gasteiger partial charge in [0.25, 0.3) is 0 Å². The Balaban J connectivity index is 1.33. The van der Waals surface area contributed by atoms with Crippen LogP contribution in [0.1, 0.15) is 52.5 Å². The number of aromatic nitrogens is 2. The van der Waals surface area contributed by atoms with Crippen molar-refractivity contribution in [2.75, 3.05) is 45.9 Å². The smallest absolute Gasteiger partial charge is 0.227 e. The van der Waals surface area contributed by atoms with E-state index in [2.05, 4.69) is 44.2 Å². The van der Waals surface area contributed by atoms with Gasteiger partial charge in [0.2, 0.25) is 16.0 Å². The van der Waals surface area contributed by atoms with Gasteiger partial charge in [-0.3, -0.25) is 4.79 Å². The number of anilines is 2. The molecule has 1 aliphatic heterocycles. The number of hydrogen-bond acceptors (Lipinski definition) is 8. The second-order valence-corrected chi connectivity index (χ2v) is 14.4. The van der Waals surface area contributed by atoms with Crippen molar-refractivity contribution in [2.24, 2.45) is 11.8 Å². The molecule has 0 unspecified atom stereocenters. The van der Waals surface area contributed by atoms with Crippen molar-refractivity contribution < 1.29 is 17.9 Å². The summed E-state index contributed by atoms with van der Waals surface area (Å²) in [4.78, 5) is 24.6. The Morgan fingerprint density at radius 1 is 1.19 bits per heavy atom. The fourth-order valence-electron chi connectivity index (χ4n) is 6.13. The van der Waals surface area contributed by atoms with Gasteiger partial charge in [0, 0.05) is 25.2 Å². The van der Waals surface area contributed by atoms with Gasteiger partial charge in [-0.15, -0.1) is 0 Å². The first-order valence-electron chi connectivity index (χ1n) is 14.2. The zero-order valence-electron chi connectivity index (χ0n) is 24.5.